The van der Waals surface area contributed by atoms with Gasteiger partial charge in [-0.3, -0.25) is 0 Å². The van der Waals surface area contributed by atoms with Crippen LogP contribution in [0, 0.1) is 0 Å². The molecule has 3 rings (SSSR count). The molecule has 0 spiro atoms. The lowest BCUT2D eigenvalue weighted by molar-refractivity contribution is -0.137. The number of rotatable bonds is 1. The smallest absolute Gasteiger partial charge is 0.384 e. The van der Waals surface area contributed by atoms with Crippen LogP contribution in [-0.2, 0) is 6.18 Å². The highest BCUT2D eigenvalue weighted by Crippen LogP contribution is 2.33. The van der Waals surface area contributed by atoms with Crippen LogP contribution in [0.4, 0.5) is 18.9 Å². The minimum atomic E-state index is -4.36. The highest BCUT2D eigenvalue weighted by Gasteiger charge is 2.37. The third kappa shape index (κ3) is 2.72. The third-order valence-corrected chi connectivity index (χ3v) is 4.00. The molecule has 5 nitrogen and oxygen atoms in total. The van der Waals surface area contributed by atoms with Crippen molar-refractivity contribution in [2.75, 3.05) is 11.6 Å². The second-order valence-electron chi connectivity index (χ2n) is 6.68. The lowest BCUT2D eigenvalue weighted by Gasteiger charge is -2.45. The van der Waals surface area contributed by atoms with Crippen LogP contribution in [0.15, 0.2) is 45.9 Å². The number of amidine groups is 1. The SMILES string of the molecule is CC(C)(C)N1CN(c2ccc(C(F)(F)F)cc2)C(N)=C2C=NN=C21. The summed E-state index contributed by atoms with van der Waals surface area (Å²) >= 11 is 0. The van der Waals surface area contributed by atoms with Gasteiger partial charge in [0.2, 0.25) is 0 Å². The van der Waals surface area contributed by atoms with Crippen molar-refractivity contribution in [2.45, 2.75) is 32.5 Å². The predicted molar refractivity (Wildman–Crippen MR) is 87.5 cm³/mol. The Morgan fingerprint density at radius 1 is 1.08 bits per heavy atom. The zero-order valence-corrected chi connectivity index (χ0v) is 13.6. The molecule has 2 N–H and O–H groups in total. The van der Waals surface area contributed by atoms with Crippen molar-refractivity contribution >= 4 is 17.7 Å². The van der Waals surface area contributed by atoms with E-state index in [1.165, 1.54) is 12.1 Å². The van der Waals surface area contributed by atoms with Crippen molar-refractivity contribution in [3.05, 3.63) is 41.2 Å². The van der Waals surface area contributed by atoms with Crippen LogP contribution in [0.25, 0.3) is 0 Å². The van der Waals surface area contributed by atoms with Crippen molar-refractivity contribution in [1.82, 2.24) is 4.90 Å². The van der Waals surface area contributed by atoms with Gasteiger partial charge < -0.3 is 15.5 Å². The van der Waals surface area contributed by atoms with Crippen LogP contribution in [0.5, 0.6) is 0 Å². The number of nitrogens with two attached hydrogens (primary N) is 1. The Labute approximate surface area is 137 Å². The van der Waals surface area contributed by atoms with Gasteiger partial charge in [0.25, 0.3) is 0 Å². The molecule has 0 saturated carbocycles. The normalized spacial score (nSPS) is 18.2. The number of halogens is 3. The van der Waals surface area contributed by atoms with Gasteiger partial charge >= 0.3 is 6.18 Å². The van der Waals surface area contributed by atoms with Crippen LogP contribution >= 0.6 is 0 Å². The highest BCUT2D eigenvalue weighted by atomic mass is 19.4. The zero-order valence-electron chi connectivity index (χ0n) is 13.6. The van der Waals surface area contributed by atoms with E-state index in [1.54, 1.807) is 11.1 Å². The van der Waals surface area contributed by atoms with E-state index in [2.05, 4.69) is 10.2 Å². The average molecular weight is 337 g/mol. The second kappa shape index (κ2) is 5.25. The Morgan fingerprint density at radius 2 is 1.71 bits per heavy atom. The molecule has 1 aromatic carbocycles. The van der Waals surface area contributed by atoms with E-state index in [1.807, 2.05) is 25.7 Å². The van der Waals surface area contributed by atoms with Crippen molar-refractivity contribution < 1.29 is 13.2 Å². The third-order valence-electron chi connectivity index (χ3n) is 4.00. The summed E-state index contributed by atoms with van der Waals surface area (Å²) in [6, 6.07) is 4.96. The maximum atomic E-state index is 12.7. The van der Waals surface area contributed by atoms with Gasteiger partial charge in [-0.25, -0.2) is 0 Å². The number of anilines is 1. The summed E-state index contributed by atoms with van der Waals surface area (Å²) < 4.78 is 38.2. The molecule has 0 unspecified atom stereocenters. The Kier molecular flexibility index (Phi) is 3.58. The zero-order chi connectivity index (χ0) is 17.7. The molecular formula is C16H18F3N5. The van der Waals surface area contributed by atoms with Crippen LogP contribution < -0.4 is 10.6 Å². The molecule has 1 aromatic rings. The summed E-state index contributed by atoms with van der Waals surface area (Å²) in [6.45, 7) is 6.46. The first-order chi connectivity index (χ1) is 11.1. The Balaban J connectivity index is 2.00. The fourth-order valence-corrected chi connectivity index (χ4v) is 2.64. The summed E-state index contributed by atoms with van der Waals surface area (Å²) in [5, 5.41) is 8.05. The number of nitrogens with zero attached hydrogens (tertiary/aromatic N) is 4. The lowest BCUT2D eigenvalue weighted by Crippen LogP contribution is -2.56. The Hall–Kier alpha value is -2.51. The quantitative estimate of drug-likeness (QED) is 0.856. The number of hydrogen-bond acceptors (Lipinski definition) is 5. The fourth-order valence-electron chi connectivity index (χ4n) is 2.64. The van der Waals surface area contributed by atoms with Gasteiger partial charge in [-0.05, 0) is 45.0 Å². The Bertz CT molecular complexity index is 738. The molecule has 0 aromatic heterocycles. The van der Waals surface area contributed by atoms with E-state index < -0.39 is 11.7 Å². The number of fused-ring (bicyclic) bond motifs is 1. The second-order valence-corrected chi connectivity index (χ2v) is 6.68. The van der Waals surface area contributed by atoms with Gasteiger partial charge in [-0.1, -0.05) is 0 Å². The first-order valence-electron chi connectivity index (χ1n) is 7.42. The molecule has 128 valence electrons. The van der Waals surface area contributed by atoms with E-state index in [0.717, 1.165) is 12.1 Å². The minimum Gasteiger partial charge on any atom is -0.384 e. The highest BCUT2D eigenvalue weighted by molar-refractivity contribution is 6.19. The molecule has 24 heavy (non-hydrogen) atoms. The predicted octanol–water partition coefficient (Wildman–Crippen LogP) is 3.15. The van der Waals surface area contributed by atoms with Crippen molar-refractivity contribution in [3.8, 4) is 0 Å². The van der Waals surface area contributed by atoms with Gasteiger partial charge in [0.15, 0.2) is 5.84 Å². The number of hydrogen-bond donors (Lipinski definition) is 1. The van der Waals surface area contributed by atoms with Crippen LogP contribution in [0.2, 0.25) is 0 Å². The summed E-state index contributed by atoms with van der Waals surface area (Å²) in [7, 11) is 0. The molecule has 0 fully saturated rings. The molecule has 0 amide bonds. The first kappa shape index (κ1) is 16.4. The van der Waals surface area contributed by atoms with Crippen molar-refractivity contribution in [2.24, 2.45) is 15.9 Å². The summed E-state index contributed by atoms with van der Waals surface area (Å²) in [5.74, 6) is 1.11. The number of alkyl halides is 3. The van der Waals surface area contributed by atoms with Crippen LogP contribution in [0.3, 0.4) is 0 Å². The fraction of sp³-hybridized carbons (Fsp3) is 0.375. The molecule has 2 aliphatic rings. The van der Waals surface area contributed by atoms with Crippen molar-refractivity contribution in [3.63, 3.8) is 0 Å². The molecular weight excluding hydrogens is 319 g/mol. The van der Waals surface area contributed by atoms with Gasteiger partial charge in [0.05, 0.1) is 24.0 Å². The van der Waals surface area contributed by atoms with Crippen molar-refractivity contribution in [1.29, 1.82) is 0 Å². The first-order valence-corrected chi connectivity index (χ1v) is 7.42. The summed E-state index contributed by atoms with van der Waals surface area (Å²) in [6.07, 6.45) is -2.79. The molecule has 0 atom stereocenters. The van der Waals surface area contributed by atoms with Gasteiger partial charge in [-0.2, -0.15) is 18.3 Å². The summed E-state index contributed by atoms with van der Waals surface area (Å²) in [5.41, 5.74) is 6.54. The van der Waals surface area contributed by atoms with Crippen LogP contribution in [0.1, 0.15) is 26.3 Å². The number of benzene rings is 1. The molecule has 8 heteroatoms. The minimum absolute atomic E-state index is 0.247. The van der Waals surface area contributed by atoms with Crippen LogP contribution in [-0.4, -0.2) is 29.2 Å². The standard InChI is InChI=1S/C16H18F3N5/c1-15(2,3)24-9-23(13(20)12-8-21-22-14(12)24)11-6-4-10(5-7-11)16(17,18)19/h4-8H,9,20H2,1-3H3. The topological polar surface area (TPSA) is 57.2 Å². The van der Waals surface area contributed by atoms with E-state index in [0.29, 0.717) is 29.6 Å². The molecule has 0 saturated heterocycles. The maximum Gasteiger partial charge on any atom is 0.416 e. The molecule has 2 aliphatic heterocycles. The molecule has 0 bridgehead atoms. The van der Waals surface area contributed by atoms with E-state index >= 15 is 0 Å². The lowest BCUT2D eigenvalue weighted by atomic mass is 10.0. The molecule has 0 radical (unpaired) electrons. The average Bonchev–Trinajstić information content (AvgIpc) is 2.95. The van der Waals surface area contributed by atoms with E-state index in [4.69, 9.17) is 5.73 Å². The van der Waals surface area contributed by atoms with Gasteiger partial charge in [0, 0.05) is 11.2 Å². The molecule has 2 heterocycles. The van der Waals surface area contributed by atoms with E-state index in [9.17, 15) is 13.2 Å². The van der Waals surface area contributed by atoms with Gasteiger partial charge in [0.1, 0.15) is 5.82 Å². The van der Waals surface area contributed by atoms with E-state index in [-0.39, 0.29) is 5.54 Å². The maximum absolute atomic E-state index is 12.7. The largest absolute Gasteiger partial charge is 0.416 e. The summed E-state index contributed by atoms with van der Waals surface area (Å²) in [4.78, 5) is 3.78. The molecule has 0 aliphatic carbocycles. The Morgan fingerprint density at radius 3 is 2.25 bits per heavy atom. The monoisotopic (exact) mass is 337 g/mol. The van der Waals surface area contributed by atoms with Gasteiger partial charge in [-0.15, -0.1) is 5.10 Å².